The second-order valence-corrected chi connectivity index (χ2v) is 3.98. The van der Waals surface area contributed by atoms with Crippen LogP contribution in [0.25, 0.3) is 0 Å². The molecule has 0 bridgehead atoms. The molecule has 0 spiro atoms. The van der Waals surface area contributed by atoms with E-state index in [-0.39, 0.29) is 0 Å². The van der Waals surface area contributed by atoms with Gasteiger partial charge in [-0.1, -0.05) is 13.8 Å². The molecule has 74 valence electrons. The van der Waals surface area contributed by atoms with Crippen molar-refractivity contribution < 1.29 is 0 Å². The molecule has 0 aromatic heterocycles. The normalized spacial score (nSPS) is 13.8. The smallest absolute Gasteiger partial charge is 0.00411 e. The van der Waals surface area contributed by atoms with Gasteiger partial charge < -0.3 is 11.1 Å². The summed E-state index contributed by atoms with van der Waals surface area (Å²) in [5.74, 6) is 0.794. The Kier molecular flexibility index (Phi) is 7.51. The Bertz CT molecular complexity index is 91.8. The Morgan fingerprint density at radius 1 is 1.17 bits per heavy atom. The van der Waals surface area contributed by atoms with Gasteiger partial charge in [-0.05, 0) is 45.2 Å². The van der Waals surface area contributed by atoms with Gasteiger partial charge in [-0.2, -0.15) is 0 Å². The molecule has 2 nitrogen and oxygen atoms in total. The molecule has 0 radical (unpaired) electrons. The van der Waals surface area contributed by atoms with Crippen LogP contribution in [-0.4, -0.2) is 19.1 Å². The van der Waals surface area contributed by atoms with Crippen LogP contribution in [0.15, 0.2) is 0 Å². The van der Waals surface area contributed by atoms with E-state index in [4.69, 9.17) is 5.73 Å². The van der Waals surface area contributed by atoms with Crippen molar-refractivity contribution in [2.24, 2.45) is 11.7 Å². The molecule has 0 saturated carbocycles. The van der Waals surface area contributed by atoms with Crippen molar-refractivity contribution in [3.05, 3.63) is 0 Å². The van der Waals surface area contributed by atoms with Gasteiger partial charge in [0.25, 0.3) is 0 Å². The molecule has 0 aliphatic carbocycles. The lowest BCUT2D eigenvalue weighted by Crippen LogP contribution is -2.28. The predicted molar refractivity (Wildman–Crippen MR) is 55.2 cm³/mol. The van der Waals surface area contributed by atoms with Crippen LogP contribution in [0.1, 0.15) is 40.0 Å². The third-order valence-electron chi connectivity index (χ3n) is 1.95. The second-order valence-electron chi connectivity index (χ2n) is 3.98. The van der Waals surface area contributed by atoms with Gasteiger partial charge in [-0.25, -0.2) is 0 Å². The van der Waals surface area contributed by atoms with Crippen molar-refractivity contribution in [1.29, 1.82) is 0 Å². The summed E-state index contributed by atoms with van der Waals surface area (Å²) >= 11 is 0. The van der Waals surface area contributed by atoms with Crippen molar-refractivity contribution in [2.45, 2.75) is 46.1 Å². The molecular formula is C10H24N2. The highest BCUT2D eigenvalue weighted by Gasteiger charge is 2.02. The molecule has 2 heteroatoms. The average Bonchev–Trinajstić information content (AvgIpc) is 1.97. The Balaban J connectivity index is 3.14. The van der Waals surface area contributed by atoms with E-state index in [9.17, 15) is 0 Å². The lowest BCUT2D eigenvalue weighted by Gasteiger charge is -2.15. The Morgan fingerprint density at radius 2 is 1.83 bits per heavy atom. The minimum Gasteiger partial charge on any atom is -0.330 e. The summed E-state index contributed by atoms with van der Waals surface area (Å²) in [7, 11) is 0. The van der Waals surface area contributed by atoms with Crippen LogP contribution >= 0.6 is 0 Å². The summed E-state index contributed by atoms with van der Waals surface area (Å²) < 4.78 is 0. The van der Waals surface area contributed by atoms with Gasteiger partial charge in [0, 0.05) is 6.04 Å². The topological polar surface area (TPSA) is 38.0 Å². The molecule has 0 aliphatic rings. The van der Waals surface area contributed by atoms with Gasteiger partial charge in [0.1, 0.15) is 0 Å². The number of unbranched alkanes of at least 4 members (excludes halogenated alkanes) is 1. The van der Waals surface area contributed by atoms with Gasteiger partial charge in [0.05, 0.1) is 0 Å². The zero-order chi connectivity index (χ0) is 9.40. The van der Waals surface area contributed by atoms with Gasteiger partial charge in [-0.15, -0.1) is 0 Å². The van der Waals surface area contributed by atoms with E-state index in [0.717, 1.165) is 25.4 Å². The Hall–Kier alpha value is -0.0800. The van der Waals surface area contributed by atoms with Crippen LogP contribution in [0.3, 0.4) is 0 Å². The van der Waals surface area contributed by atoms with E-state index in [1.165, 1.54) is 12.8 Å². The third kappa shape index (κ3) is 8.02. The van der Waals surface area contributed by atoms with Crippen molar-refractivity contribution in [2.75, 3.05) is 13.1 Å². The molecule has 0 aliphatic heterocycles. The summed E-state index contributed by atoms with van der Waals surface area (Å²) in [4.78, 5) is 0. The molecular weight excluding hydrogens is 148 g/mol. The number of hydrogen-bond acceptors (Lipinski definition) is 2. The van der Waals surface area contributed by atoms with E-state index in [1.807, 2.05) is 0 Å². The summed E-state index contributed by atoms with van der Waals surface area (Å²) in [5, 5.41) is 3.49. The van der Waals surface area contributed by atoms with Crippen molar-refractivity contribution >= 4 is 0 Å². The van der Waals surface area contributed by atoms with E-state index < -0.39 is 0 Å². The van der Waals surface area contributed by atoms with Crippen molar-refractivity contribution in [3.63, 3.8) is 0 Å². The second kappa shape index (κ2) is 7.56. The molecule has 0 aromatic carbocycles. The van der Waals surface area contributed by atoms with Gasteiger partial charge in [-0.3, -0.25) is 0 Å². The van der Waals surface area contributed by atoms with E-state index in [1.54, 1.807) is 0 Å². The zero-order valence-corrected chi connectivity index (χ0v) is 8.77. The summed E-state index contributed by atoms with van der Waals surface area (Å²) in [6, 6.07) is 0.655. The van der Waals surface area contributed by atoms with Crippen LogP contribution < -0.4 is 11.1 Å². The maximum Gasteiger partial charge on any atom is 0.00411 e. The Labute approximate surface area is 76.9 Å². The van der Waals surface area contributed by atoms with Crippen molar-refractivity contribution in [3.8, 4) is 0 Å². The molecule has 3 N–H and O–H groups in total. The van der Waals surface area contributed by atoms with E-state index in [2.05, 4.69) is 26.1 Å². The number of nitrogens with two attached hydrogens (primary N) is 1. The van der Waals surface area contributed by atoms with Crippen LogP contribution in [0, 0.1) is 5.92 Å². The molecule has 12 heavy (non-hydrogen) atoms. The maximum absolute atomic E-state index is 5.40. The van der Waals surface area contributed by atoms with Gasteiger partial charge >= 0.3 is 0 Å². The largest absolute Gasteiger partial charge is 0.330 e. The summed E-state index contributed by atoms with van der Waals surface area (Å²) in [6.07, 6.45) is 3.61. The lowest BCUT2D eigenvalue weighted by molar-refractivity contribution is 0.437. The monoisotopic (exact) mass is 172 g/mol. The fourth-order valence-electron chi connectivity index (χ4n) is 1.41. The molecule has 1 unspecified atom stereocenters. The standard InChI is InChI=1S/C10H24N2/c1-9(2)8-10(3)12-7-5-4-6-11/h9-10,12H,4-8,11H2,1-3H3. The van der Waals surface area contributed by atoms with E-state index >= 15 is 0 Å². The molecule has 0 heterocycles. The van der Waals surface area contributed by atoms with Crippen molar-refractivity contribution in [1.82, 2.24) is 5.32 Å². The highest BCUT2D eigenvalue weighted by atomic mass is 14.9. The maximum atomic E-state index is 5.40. The fraction of sp³-hybridized carbons (Fsp3) is 1.00. The first-order valence-electron chi connectivity index (χ1n) is 5.10. The van der Waals surface area contributed by atoms with Crippen LogP contribution in [0.4, 0.5) is 0 Å². The average molecular weight is 172 g/mol. The number of rotatable bonds is 7. The first-order chi connectivity index (χ1) is 5.66. The van der Waals surface area contributed by atoms with Crippen LogP contribution in [0.5, 0.6) is 0 Å². The number of nitrogens with one attached hydrogen (secondary N) is 1. The molecule has 0 fully saturated rings. The summed E-state index contributed by atoms with van der Waals surface area (Å²) in [5.41, 5.74) is 5.40. The summed E-state index contributed by atoms with van der Waals surface area (Å²) in [6.45, 7) is 8.71. The van der Waals surface area contributed by atoms with Gasteiger partial charge in [0.2, 0.25) is 0 Å². The van der Waals surface area contributed by atoms with Crippen LogP contribution in [0.2, 0.25) is 0 Å². The predicted octanol–water partition coefficient (Wildman–Crippen LogP) is 1.75. The first kappa shape index (κ1) is 11.9. The molecule has 0 aromatic rings. The third-order valence-corrected chi connectivity index (χ3v) is 1.95. The SMILES string of the molecule is CC(C)CC(C)NCCCCN. The minimum atomic E-state index is 0.655. The van der Waals surface area contributed by atoms with Gasteiger partial charge in [0.15, 0.2) is 0 Å². The number of hydrogen-bond donors (Lipinski definition) is 2. The zero-order valence-electron chi connectivity index (χ0n) is 8.77. The van der Waals surface area contributed by atoms with Crippen LogP contribution in [-0.2, 0) is 0 Å². The van der Waals surface area contributed by atoms with E-state index in [0.29, 0.717) is 6.04 Å². The highest BCUT2D eigenvalue weighted by Crippen LogP contribution is 2.03. The molecule has 0 amide bonds. The minimum absolute atomic E-state index is 0.655. The molecule has 1 atom stereocenters. The lowest BCUT2D eigenvalue weighted by atomic mass is 10.1. The first-order valence-corrected chi connectivity index (χ1v) is 5.10. The molecule has 0 saturated heterocycles. The Morgan fingerprint density at radius 3 is 2.33 bits per heavy atom. The molecule has 0 rings (SSSR count). The highest BCUT2D eigenvalue weighted by molar-refractivity contribution is 4.62. The quantitative estimate of drug-likeness (QED) is 0.574. The fourth-order valence-corrected chi connectivity index (χ4v) is 1.41.